The van der Waals surface area contributed by atoms with E-state index >= 15 is 0 Å². The van der Waals surface area contributed by atoms with Gasteiger partial charge in [-0.25, -0.2) is 4.98 Å². The third kappa shape index (κ3) is 4.58. The molecule has 7 nitrogen and oxygen atoms in total. The van der Waals surface area contributed by atoms with Gasteiger partial charge < -0.3 is 10.1 Å². The van der Waals surface area contributed by atoms with E-state index in [1.54, 1.807) is 31.5 Å². The van der Waals surface area contributed by atoms with Gasteiger partial charge in [0.1, 0.15) is 15.8 Å². The molecule has 3 heterocycles. The zero-order valence-electron chi connectivity index (χ0n) is 16.3. The lowest BCUT2D eigenvalue weighted by atomic mass is 10.2. The Morgan fingerprint density at radius 3 is 2.90 bits per heavy atom. The largest absolute Gasteiger partial charge is 0.385 e. The van der Waals surface area contributed by atoms with Crippen LogP contribution in [0.5, 0.6) is 0 Å². The van der Waals surface area contributed by atoms with Gasteiger partial charge in [0.25, 0.3) is 11.5 Å². The highest BCUT2D eigenvalue weighted by Gasteiger charge is 2.32. The first kappa shape index (κ1) is 21.2. The standard InChI is InChI=1S/C20H22N4O3S2/c1-4-8-21-17-14(18(25)24-12-13(2)6-7-16(24)22-17)11-15-19(26)23(20(28)29-15)9-5-10-27-3/h4,6-7,11-12,21H,1,5,8-10H2,2-3H3/b15-11+. The Bertz CT molecular complexity index is 1060. The molecule has 1 N–H and O–H groups in total. The fourth-order valence-electron chi connectivity index (χ4n) is 2.88. The van der Waals surface area contributed by atoms with E-state index < -0.39 is 0 Å². The van der Waals surface area contributed by atoms with Crippen molar-refractivity contribution in [2.75, 3.05) is 32.1 Å². The molecule has 1 amide bonds. The molecular formula is C20H22N4O3S2. The molecule has 0 aromatic carbocycles. The number of nitrogens with one attached hydrogen (secondary N) is 1. The van der Waals surface area contributed by atoms with Crippen LogP contribution in [0, 0.1) is 6.92 Å². The fraction of sp³-hybridized carbons (Fsp3) is 0.300. The summed E-state index contributed by atoms with van der Waals surface area (Å²) in [5.74, 6) is 0.197. The number of hydrogen-bond acceptors (Lipinski definition) is 7. The lowest BCUT2D eigenvalue weighted by Gasteiger charge is -2.13. The smallest absolute Gasteiger partial charge is 0.267 e. The van der Waals surface area contributed by atoms with Gasteiger partial charge >= 0.3 is 0 Å². The van der Waals surface area contributed by atoms with Crippen LogP contribution in [0.25, 0.3) is 11.7 Å². The van der Waals surface area contributed by atoms with Gasteiger partial charge in [0.15, 0.2) is 0 Å². The van der Waals surface area contributed by atoms with Crippen molar-refractivity contribution in [2.45, 2.75) is 13.3 Å². The second-order valence-electron chi connectivity index (χ2n) is 6.46. The molecule has 1 saturated heterocycles. The van der Waals surface area contributed by atoms with Crippen LogP contribution in [-0.2, 0) is 9.53 Å². The molecule has 0 spiro atoms. The molecule has 0 bridgehead atoms. The zero-order chi connectivity index (χ0) is 21.0. The van der Waals surface area contributed by atoms with Crippen molar-refractivity contribution in [1.82, 2.24) is 14.3 Å². The molecule has 0 unspecified atom stereocenters. The molecule has 3 rings (SSSR count). The van der Waals surface area contributed by atoms with Crippen molar-refractivity contribution in [3.8, 4) is 0 Å². The van der Waals surface area contributed by atoms with Gasteiger partial charge in [0.2, 0.25) is 0 Å². The summed E-state index contributed by atoms with van der Waals surface area (Å²) in [5, 5.41) is 3.09. The molecule has 0 aliphatic carbocycles. The highest BCUT2D eigenvalue weighted by Crippen LogP contribution is 2.33. The number of amides is 1. The van der Waals surface area contributed by atoms with Gasteiger partial charge in [-0.3, -0.25) is 18.9 Å². The number of aromatic nitrogens is 2. The number of pyridine rings is 1. The number of methoxy groups -OCH3 is 1. The van der Waals surface area contributed by atoms with Crippen molar-refractivity contribution < 1.29 is 9.53 Å². The van der Waals surface area contributed by atoms with E-state index in [4.69, 9.17) is 17.0 Å². The maximum Gasteiger partial charge on any atom is 0.267 e. The Morgan fingerprint density at radius 2 is 2.17 bits per heavy atom. The van der Waals surface area contributed by atoms with Crippen LogP contribution >= 0.6 is 24.0 Å². The third-order valence-electron chi connectivity index (χ3n) is 4.30. The minimum Gasteiger partial charge on any atom is -0.385 e. The first-order valence-electron chi connectivity index (χ1n) is 9.08. The quantitative estimate of drug-likeness (QED) is 0.299. The van der Waals surface area contributed by atoms with E-state index in [2.05, 4.69) is 16.9 Å². The summed E-state index contributed by atoms with van der Waals surface area (Å²) in [6, 6.07) is 3.68. The number of anilines is 1. The average molecular weight is 431 g/mol. The first-order chi connectivity index (χ1) is 14.0. The van der Waals surface area contributed by atoms with Crippen LogP contribution in [0.2, 0.25) is 0 Å². The lowest BCUT2D eigenvalue weighted by Crippen LogP contribution is -2.29. The van der Waals surface area contributed by atoms with Gasteiger partial charge in [-0.2, -0.15) is 0 Å². The summed E-state index contributed by atoms with van der Waals surface area (Å²) in [7, 11) is 1.61. The summed E-state index contributed by atoms with van der Waals surface area (Å²) in [5.41, 5.74) is 1.52. The van der Waals surface area contributed by atoms with Gasteiger partial charge in [-0.05, 0) is 31.1 Å². The molecule has 0 radical (unpaired) electrons. The fourth-order valence-corrected chi connectivity index (χ4v) is 4.17. The number of carbonyl (C=O) groups excluding carboxylic acids is 1. The highest BCUT2D eigenvalue weighted by atomic mass is 32.2. The van der Waals surface area contributed by atoms with Gasteiger partial charge in [-0.15, -0.1) is 6.58 Å². The molecule has 0 saturated carbocycles. The van der Waals surface area contributed by atoms with E-state index in [9.17, 15) is 9.59 Å². The van der Waals surface area contributed by atoms with E-state index in [1.807, 2.05) is 13.0 Å². The van der Waals surface area contributed by atoms with E-state index in [0.717, 1.165) is 5.56 Å². The number of rotatable bonds is 8. The van der Waals surface area contributed by atoms with E-state index in [0.29, 0.717) is 52.4 Å². The number of thiocarbonyl (C=S) groups is 1. The molecule has 29 heavy (non-hydrogen) atoms. The highest BCUT2D eigenvalue weighted by molar-refractivity contribution is 8.26. The van der Waals surface area contributed by atoms with Gasteiger partial charge in [0.05, 0.1) is 10.5 Å². The summed E-state index contributed by atoms with van der Waals surface area (Å²) in [6.45, 7) is 7.05. The molecule has 1 fully saturated rings. The monoisotopic (exact) mass is 430 g/mol. The lowest BCUT2D eigenvalue weighted by molar-refractivity contribution is -0.122. The van der Waals surface area contributed by atoms with Crippen LogP contribution < -0.4 is 10.9 Å². The molecule has 2 aromatic heterocycles. The third-order valence-corrected chi connectivity index (χ3v) is 5.68. The van der Waals surface area contributed by atoms with Crippen molar-refractivity contribution >= 4 is 51.7 Å². The van der Waals surface area contributed by atoms with Gasteiger partial charge in [0, 0.05) is 33.0 Å². The Hall–Kier alpha value is -2.49. The molecule has 9 heteroatoms. The molecule has 2 aromatic rings. The Balaban J connectivity index is 2.04. The van der Waals surface area contributed by atoms with Crippen LogP contribution in [0.1, 0.15) is 17.5 Å². The molecule has 1 aliphatic rings. The predicted molar refractivity (Wildman–Crippen MR) is 121 cm³/mol. The molecule has 152 valence electrons. The maximum atomic E-state index is 13.2. The van der Waals surface area contributed by atoms with E-state index in [1.165, 1.54) is 21.1 Å². The van der Waals surface area contributed by atoms with Crippen LogP contribution in [-0.4, -0.2) is 51.3 Å². The minimum atomic E-state index is -0.255. The number of thioether (sulfide) groups is 1. The van der Waals surface area contributed by atoms with Crippen molar-refractivity contribution in [3.63, 3.8) is 0 Å². The van der Waals surface area contributed by atoms with Crippen molar-refractivity contribution in [1.29, 1.82) is 0 Å². The molecular weight excluding hydrogens is 408 g/mol. The number of fused-ring (bicyclic) bond motifs is 1. The molecule has 0 atom stereocenters. The number of aryl methyl sites for hydroxylation is 1. The Labute approximate surface area is 178 Å². The van der Waals surface area contributed by atoms with Gasteiger partial charge in [-0.1, -0.05) is 36.1 Å². The Kier molecular flexibility index (Phi) is 6.83. The van der Waals surface area contributed by atoms with E-state index in [-0.39, 0.29) is 11.5 Å². The summed E-state index contributed by atoms with van der Waals surface area (Å²) >= 11 is 6.54. The first-order valence-corrected chi connectivity index (χ1v) is 10.3. The molecule has 1 aliphatic heterocycles. The van der Waals surface area contributed by atoms with Crippen LogP contribution in [0.4, 0.5) is 5.82 Å². The summed E-state index contributed by atoms with van der Waals surface area (Å²) in [4.78, 5) is 32.5. The maximum absolute atomic E-state index is 13.2. The average Bonchev–Trinajstić information content (AvgIpc) is 2.97. The van der Waals surface area contributed by atoms with Crippen molar-refractivity contribution in [3.05, 3.63) is 57.4 Å². The topological polar surface area (TPSA) is 75.9 Å². The van der Waals surface area contributed by atoms with Crippen LogP contribution in [0.15, 0.2) is 40.7 Å². The normalized spacial score (nSPS) is 15.5. The number of carbonyl (C=O) groups is 1. The minimum absolute atomic E-state index is 0.209. The Morgan fingerprint density at radius 1 is 1.38 bits per heavy atom. The summed E-state index contributed by atoms with van der Waals surface area (Å²) in [6.07, 6.45) is 5.67. The second-order valence-corrected chi connectivity index (χ2v) is 8.14. The number of hydrogen-bond donors (Lipinski definition) is 1. The number of nitrogens with zero attached hydrogens (tertiary/aromatic N) is 3. The van der Waals surface area contributed by atoms with Crippen molar-refractivity contribution in [2.24, 2.45) is 0 Å². The predicted octanol–water partition coefficient (Wildman–Crippen LogP) is 2.84. The van der Waals surface area contributed by atoms with Crippen LogP contribution in [0.3, 0.4) is 0 Å². The number of ether oxygens (including phenoxy) is 1. The second kappa shape index (κ2) is 9.34. The SMILES string of the molecule is C=CCNc1nc2ccc(C)cn2c(=O)c1/C=C1/SC(=S)N(CCCOC)C1=O. The zero-order valence-corrected chi connectivity index (χ0v) is 17.9. The summed E-state index contributed by atoms with van der Waals surface area (Å²) < 4.78 is 7.00.